The molecule has 0 unspecified atom stereocenters. The lowest BCUT2D eigenvalue weighted by Crippen LogP contribution is -2.36. The number of furan rings is 1. The Morgan fingerprint density at radius 2 is 2.07 bits per heavy atom. The zero-order valence-corrected chi connectivity index (χ0v) is 15.3. The van der Waals surface area contributed by atoms with Crippen molar-refractivity contribution in [2.75, 3.05) is 0 Å². The normalized spacial score (nSPS) is 12.6. The molecule has 1 atom stereocenters. The average molecular weight is 365 g/mol. The van der Waals surface area contributed by atoms with Crippen molar-refractivity contribution in [2.45, 2.75) is 33.4 Å². The number of amides is 1. The monoisotopic (exact) mass is 365 g/mol. The first-order valence-corrected chi connectivity index (χ1v) is 8.63. The van der Waals surface area contributed by atoms with Gasteiger partial charge in [0.15, 0.2) is 5.58 Å². The molecule has 4 aromatic heterocycles. The zero-order valence-electron chi connectivity index (χ0n) is 15.3. The fourth-order valence-electron chi connectivity index (χ4n) is 3.25. The van der Waals surface area contributed by atoms with E-state index in [-0.39, 0.29) is 24.1 Å². The number of fused-ring (bicyclic) bond motifs is 3. The van der Waals surface area contributed by atoms with Gasteiger partial charge in [-0.3, -0.25) is 19.0 Å². The molecule has 8 nitrogen and oxygen atoms in total. The number of rotatable bonds is 4. The first kappa shape index (κ1) is 17.0. The first-order chi connectivity index (χ1) is 12.9. The number of nitrogens with one attached hydrogen (secondary N) is 1. The van der Waals surface area contributed by atoms with Crippen molar-refractivity contribution >= 4 is 22.5 Å². The summed E-state index contributed by atoms with van der Waals surface area (Å²) < 4.78 is 8.53. The van der Waals surface area contributed by atoms with Gasteiger partial charge in [0.05, 0.1) is 17.3 Å². The number of hydrogen-bond acceptors (Lipinski definition) is 5. The highest BCUT2D eigenvalue weighted by Crippen LogP contribution is 2.22. The van der Waals surface area contributed by atoms with Crippen LogP contribution in [0.25, 0.3) is 16.6 Å². The zero-order chi connectivity index (χ0) is 19.1. The molecular formula is C19H19N5O3. The number of pyridine rings is 1. The van der Waals surface area contributed by atoms with E-state index in [1.54, 1.807) is 23.6 Å². The van der Waals surface area contributed by atoms with Crippen LogP contribution in [0.3, 0.4) is 0 Å². The third-order valence-corrected chi connectivity index (χ3v) is 4.46. The van der Waals surface area contributed by atoms with Crippen molar-refractivity contribution in [3.63, 3.8) is 0 Å². The van der Waals surface area contributed by atoms with Gasteiger partial charge in [-0.2, -0.15) is 5.10 Å². The van der Waals surface area contributed by atoms with Crippen LogP contribution in [0.4, 0.5) is 0 Å². The Labute approximate surface area is 154 Å². The lowest BCUT2D eigenvalue weighted by atomic mass is 10.2. The number of nitrogens with zero attached hydrogens (tertiary/aromatic N) is 4. The van der Waals surface area contributed by atoms with Crippen molar-refractivity contribution < 1.29 is 9.21 Å². The molecule has 0 radical (unpaired) electrons. The van der Waals surface area contributed by atoms with E-state index in [9.17, 15) is 9.59 Å². The predicted molar refractivity (Wildman–Crippen MR) is 99.5 cm³/mol. The molecule has 0 saturated heterocycles. The van der Waals surface area contributed by atoms with Gasteiger partial charge in [0.25, 0.3) is 5.56 Å². The maximum atomic E-state index is 12.8. The van der Waals surface area contributed by atoms with Crippen LogP contribution in [-0.4, -0.2) is 25.1 Å². The molecule has 0 aliphatic rings. The van der Waals surface area contributed by atoms with Gasteiger partial charge in [-0.15, -0.1) is 0 Å². The van der Waals surface area contributed by atoms with Gasteiger partial charge in [-0.05, 0) is 32.9 Å². The third-order valence-electron chi connectivity index (χ3n) is 4.46. The summed E-state index contributed by atoms with van der Waals surface area (Å²) in [4.78, 5) is 29.4. The Hall–Kier alpha value is -3.42. The molecule has 0 aromatic carbocycles. The Kier molecular flexibility index (Phi) is 4.02. The van der Waals surface area contributed by atoms with Gasteiger partial charge in [0.2, 0.25) is 5.91 Å². The molecule has 0 fully saturated rings. The highest BCUT2D eigenvalue weighted by atomic mass is 16.3. The van der Waals surface area contributed by atoms with Gasteiger partial charge in [-0.25, -0.2) is 4.68 Å². The maximum absolute atomic E-state index is 12.8. The van der Waals surface area contributed by atoms with Crippen molar-refractivity contribution in [2.24, 2.45) is 0 Å². The molecule has 4 heterocycles. The van der Waals surface area contributed by atoms with Crippen LogP contribution < -0.4 is 10.9 Å². The highest BCUT2D eigenvalue weighted by Gasteiger charge is 2.17. The minimum Gasteiger partial charge on any atom is -0.460 e. The third kappa shape index (κ3) is 2.99. The molecule has 0 saturated carbocycles. The van der Waals surface area contributed by atoms with E-state index in [2.05, 4.69) is 15.4 Å². The smallest absolute Gasteiger partial charge is 0.291 e. The second kappa shape index (κ2) is 6.39. The topological polar surface area (TPSA) is 94.4 Å². The second-order valence-electron chi connectivity index (χ2n) is 6.53. The summed E-state index contributed by atoms with van der Waals surface area (Å²) in [6.07, 6.45) is 1.67. The highest BCUT2D eigenvalue weighted by molar-refractivity contribution is 5.83. The van der Waals surface area contributed by atoms with Crippen LogP contribution in [0.2, 0.25) is 0 Å². The average Bonchev–Trinajstić information content (AvgIpc) is 3.16. The van der Waals surface area contributed by atoms with Gasteiger partial charge < -0.3 is 9.73 Å². The van der Waals surface area contributed by atoms with E-state index in [1.807, 2.05) is 38.1 Å². The molecule has 0 aliphatic heterocycles. The van der Waals surface area contributed by atoms with E-state index in [1.165, 1.54) is 4.68 Å². The van der Waals surface area contributed by atoms with E-state index in [0.29, 0.717) is 16.9 Å². The van der Waals surface area contributed by atoms with E-state index >= 15 is 0 Å². The number of aryl methyl sites for hydroxylation is 2. The number of aromatic nitrogens is 4. The van der Waals surface area contributed by atoms with Crippen LogP contribution >= 0.6 is 0 Å². The molecule has 0 aliphatic carbocycles. The minimum atomic E-state index is -0.342. The molecule has 138 valence electrons. The molecule has 0 spiro atoms. The Morgan fingerprint density at radius 1 is 1.26 bits per heavy atom. The summed E-state index contributed by atoms with van der Waals surface area (Å²) in [7, 11) is 0. The largest absolute Gasteiger partial charge is 0.460 e. The molecule has 4 rings (SSSR count). The number of carbonyl (C=O) groups excluding carboxylic acids is 1. The van der Waals surface area contributed by atoms with Gasteiger partial charge in [-0.1, -0.05) is 6.07 Å². The van der Waals surface area contributed by atoms with Crippen LogP contribution in [0, 0.1) is 13.8 Å². The summed E-state index contributed by atoms with van der Waals surface area (Å²) in [5.41, 5.74) is 2.26. The number of carbonyl (C=O) groups is 1. The van der Waals surface area contributed by atoms with Crippen LogP contribution in [0.15, 0.2) is 45.7 Å². The lowest BCUT2D eigenvalue weighted by Gasteiger charge is -2.14. The molecule has 8 heteroatoms. The summed E-state index contributed by atoms with van der Waals surface area (Å²) in [5, 5.41) is 7.14. The van der Waals surface area contributed by atoms with Crippen molar-refractivity contribution in [1.29, 1.82) is 0 Å². The maximum Gasteiger partial charge on any atom is 0.291 e. The fourth-order valence-corrected chi connectivity index (χ4v) is 3.25. The van der Waals surface area contributed by atoms with Gasteiger partial charge >= 0.3 is 0 Å². The SMILES string of the molecule is Cc1cc2c(cc3c(=O)n(CC(=O)N[C@@H](C)c4ccccn4)nc(C)n32)o1. The van der Waals surface area contributed by atoms with Crippen molar-refractivity contribution in [3.8, 4) is 0 Å². The fraction of sp³-hybridized carbons (Fsp3) is 0.263. The molecule has 0 bridgehead atoms. The Bertz CT molecular complexity index is 1200. The van der Waals surface area contributed by atoms with Gasteiger partial charge in [0.1, 0.15) is 23.6 Å². The minimum absolute atomic E-state index is 0.168. The summed E-state index contributed by atoms with van der Waals surface area (Å²) >= 11 is 0. The van der Waals surface area contributed by atoms with E-state index in [0.717, 1.165) is 17.0 Å². The van der Waals surface area contributed by atoms with Crippen LogP contribution in [-0.2, 0) is 11.3 Å². The molecule has 27 heavy (non-hydrogen) atoms. The predicted octanol–water partition coefficient (Wildman–Crippen LogP) is 2.13. The van der Waals surface area contributed by atoms with E-state index in [4.69, 9.17) is 4.42 Å². The Balaban J connectivity index is 1.63. The molecular weight excluding hydrogens is 346 g/mol. The standard InChI is InChI=1S/C19H19N5O3/c1-11-8-15-17(27-11)9-16-19(26)23(22-13(3)24(15)16)10-18(25)21-12(2)14-6-4-5-7-20-14/h4-9,12H,10H2,1-3H3,(H,21,25)/t12-/m0/s1. The first-order valence-electron chi connectivity index (χ1n) is 8.63. The van der Waals surface area contributed by atoms with Crippen LogP contribution in [0.5, 0.6) is 0 Å². The second-order valence-corrected chi connectivity index (χ2v) is 6.53. The Morgan fingerprint density at radius 3 is 2.81 bits per heavy atom. The molecule has 1 N–H and O–H groups in total. The van der Waals surface area contributed by atoms with E-state index < -0.39 is 0 Å². The van der Waals surface area contributed by atoms with Crippen LogP contribution in [0.1, 0.15) is 30.2 Å². The molecule has 1 amide bonds. The quantitative estimate of drug-likeness (QED) is 0.598. The summed E-state index contributed by atoms with van der Waals surface area (Å²) in [6.45, 7) is 5.32. The summed E-state index contributed by atoms with van der Waals surface area (Å²) in [6, 6.07) is 8.79. The van der Waals surface area contributed by atoms with Crippen molar-refractivity contribution in [1.82, 2.24) is 24.5 Å². The lowest BCUT2D eigenvalue weighted by molar-refractivity contribution is -0.122. The molecule has 4 aromatic rings. The number of hydrogen-bond donors (Lipinski definition) is 1. The summed E-state index contributed by atoms with van der Waals surface area (Å²) in [5.74, 6) is 1.06. The van der Waals surface area contributed by atoms with Gasteiger partial charge in [0, 0.05) is 18.3 Å². The van der Waals surface area contributed by atoms with Crippen molar-refractivity contribution in [3.05, 3.63) is 64.2 Å².